The number of hydrogen-bond acceptors (Lipinski definition) is 4. The lowest BCUT2D eigenvalue weighted by Gasteiger charge is -2.37. The van der Waals surface area contributed by atoms with E-state index in [1.807, 2.05) is 18.2 Å². The molecule has 2 aromatic rings. The van der Waals surface area contributed by atoms with Crippen LogP contribution in [0.2, 0.25) is 0 Å². The van der Waals surface area contributed by atoms with Crippen LogP contribution in [0.1, 0.15) is 19.5 Å². The molecule has 20 heavy (non-hydrogen) atoms. The summed E-state index contributed by atoms with van der Waals surface area (Å²) in [6.45, 7) is 5.95. The van der Waals surface area contributed by atoms with Gasteiger partial charge in [-0.05, 0) is 38.1 Å². The highest BCUT2D eigenvalue weighted by molar-refractivity contribution is 5.92. The third-order valence-corrected chi connectivity index (χ3v) is 3.58. The molecule has 0 aliphatic carbocycles. The fourth-order valence-electron chi connectivity index (χ4n) is 2.85. The molecule has 1 aliphatic rings. The number of benzene rings is 1. The van der Waals surface area contributed by atoms with Gasteiger partial charge in [0.2, 0.25) is 0 Å². The molecule has 0 saturated carbocycles. The zero-order valence-electron chi connectivity index (χ0n) is 11.7. The predicted molar refractivity (Wildman–Crippen MR) is 78.7 cm³/mol. The molecule has 4 heteroatoms. The predicted octanol–water partition coefficient (Wildman–Crippen LogP) is 2.72. The number of morpholine rings is 1. The van der Waals surface area contributed by atoms with Gasteiger partial charge in [-0.15, -0.1) is 0 Å². The molecule has 3 rings (SSSR count). The molecule has 0 radical (unpaired) electrons. The van der Waals surface area contributed by atoms with Crippen molar-refractivity contribution in [1.29, 1.82) is 5.26 Å². The normalized spacial score (nSPS) is 22.8. The maximum Gasteiger partial charge on any atom is 0.141 e. The Balaban J connectivity index is 2.05. The molecule has 0 N–H and O–H groups in total. The number of ether oxygens (including phenoxy) is 1. The van der Waals surface area contributed by atoms with Crippen LogP contribution in [0.5, 0.6) is 0 Å². The van der Waals surface area contributed by atoms with Crippen molar-refractivity contribution in [2.45, 2.75) is 26.1 Å². The van der Waals surface area contributed by atoms with Gasteiger partial charge in [-0.1, -0.05) is 6.07 Å². The first-order valence-corrected chi connectivity index (χ1v) is 6.87. The summed E-state index contributed by atoms with van der Waals surface area (Å²) < 4.78 is 5.79. The summed E-state index contributed by atoms with van der Waals surface area (Å²) in [4.78, 5) is 6.71. The second-order valence-electron chi connectivity index (χ2n) is 5.31. The number of anilines is 1. The molecule has 1 saturated heterocycles. The maximum absolute atomic E-state index is 8.95. The van der Waals surface area contributed by atoms with Gasteiger partial charge in [-0.25, -0.2) is 4.98 Å². The number of pyridine rings is 1. The molecule has 102 valence electrons. The van der Waals surface area contributed by atoms with E-state index in [0.29, 0.717) is 5.69 Å². The van der Waals surface area contributed by atoms with Crippen LogP contribution in [0.25, 0.3) is 10.9 Å². The lowest BCUT2D eigenvalue weighted by Crippen LogP contribution is -2.45. The Hall–Kier alpha value is -2.12. The average Bonchev–Trinajstić information content (AvgIpc) is 2.45. The lowest BCUT2D eigenvalue weighted by molar-refractivity contribution is -0.00513. The molecule has 0 bridgehead atoms. The van der Waals surface area contributed by atoms with E-state index < -0.39 is 0 Å². The van der Waals surface area contributed by atoms with Crippen molar-refractivity contribution in [3.8, 4) is 6.07 Å². The van der Waals surface area contributed by atoms with Crippen molar-refractivity contribution in [2.75, 3.05) is 18.0 Å². The van der Waals surface area contributed by atoms with Crippen molar-refractivity contribution >= 4 is 16.6 Å². The molecule has 0 spiro atoms. The Morgan fingerprint density at radius 1 is 1.20 bits per heavy atom. The summed E-state index contributed by atoms with van der Waals surface area (Å²) >= 11 is 0. The second-order valence-corrected chi connectivity index (χ2v) is 5.31. The Labute approximate surface area is 118 Å². The summed E-state index contributed by atoms with van der Waals surface area (Å²) in [5.41, 5.74) is 2.49. The van der Waals surface area contributed by atoms with Crippen LogP contribution in [0.3, 0.4) is 0 Å². The van der Waals surface area contributed by atoms with E-state index in [2.05, 4.69) is 35.9 Å². The standard InChI is InChI=1S/C16H17N3O/c1-11-9-19(10-12(2)20-11)16-5-3-4-15-14(16)7-6-13(8-17)18-15/h3-7,11-12H,9-10H2,1-2H3/t11-,12-/m0/s1. The molecule has 2 heterocycles. The summed E-state index contributed by atoms with van der Waals surface area (Å²) in [7, 11) is 0. The molecular weight excluding hydrogens is 250 g/mol. The van der Waals surface area contributed by atoms with Crippen LogP contribution in [0.15, 0.2) is 30.3 Å². The topological polar surface area (TPSA) is 49.2 Å². The molecule has 4 nitrogen and oxygen atoms in total. The highest BCUT2D eigenvalue weighted by atomic mass is 16.5. The molecule has 0 amide bonds. The first kappa shape index (κ1) is 12.9. The fourth-order valence-corrected chi connectivity index (χ4v) is 2.85. The zero-order valence-corrected chi connectivity index (χ0v) is 11.7. The quantitative estimate of drug-likeness (QED) is 0.797. The lowest BCUT2D eigenvalue weighted by atomic mass is 10.1. The number of hydrogen-bond donors (Lipinski definition) is 0. The highest BCUT2D eigenvalue weighted by Gasteiger charge is 2.23. The largest absolute Gasteiger partial charge is 0.372 e. The van der Waals surface area contributed by atoms with Gasteiger partial charge >= 0.3 is 0 Å². The van der Waals surface area contributed by atoms with E-state index in [4.69, 9.17) is 10.00 Å². The molecule has 1 aromatic carbocycles. The van der Waals surface area contributed by atoms with E-state index in [9.17, 15) is 0 Å². The highest BCUT2D eigenvalue weighted by Crippen LogP contribution is 2.28. The van der Waals surface area contributed by atoms with Crippen LogP contribution in [-0.2, 0) is 4.74 Å². The molecular formula is C16H17N3O. The van der Waals surface area contributed by atoms with E-state index >= 15 is 0 Å². The smallest absolute Gasteiger partial charge is 0.141 e. The Kier molecular flexibility index (Phi) is 3.29. The molecule has 0 unspecified atom stereocenters. The monoisotopic (exact) mass is 267 g/mol. The SMILES string of the molecule is C[C@H]1CN(c2cccc3nc(C#N)ccc23)C[C@H](C)O1. The molecule has 1 fully saturated rings. The van der Waals surface area contributed by atoms with Crippen molar-refractivity contribution in [3.63, 3.8) is 0 Å². The molecule has 1 aliphatic heterocycles. The minimum Gasteiger partial charge on any atom is -0.372 e. The van der Waals surface area contributed by atoms with Gasteiger partial charge in [-0.2, -0.15) is 5.26 Å². The number of rotatable bonds is 1. The van der Waals surface area contributed by atoms with Crippen LogP contribution in [0.4, 0.5) is 5.69 Å². The van der Waals surface area contributed by atoms with Crippen LogP contribution >= 0.6 is 0 Å². The minimum atomic E-state index is 0.223. The van der Waals surface area contributed by atoms with Crippen LogP contribution in [0, 0.1) is 11.3 Å². The maximum atomic E-state index is 8.95. The number of fused-ring (bicyclic) bond motifs is 1. The van der Waals surface area contributed by atoms with Crippen LogP contribution in [-0.4, -0.2) is 30.3 Å². The van der Waals surface area contributed by atoms with Gasteiger partial charge in [-0.3, -0.25) is 0 Å². The van der Waals surface area contributed by atoms with Crippen molar-refractivity contribution < 1.29 is 4.74 Å². The van der Waals surface area contributed by atoms with E-state index in [0.717, 1.165) is 24.0 Å². The molecule has 1 aromatic heterocycles. The summed E-state index contributed by atoms with van der Waals surface area (Å²) in [6, 6.07) is 11.9. The van der Waals surface area contributed by atoms with Crippen molar-refractivity contribution in [2.24, 2.45) is 0 Å². The third kappa shape index (κ3) is 2.33. The summed E-state index contributed by atoms with van der Waals surface area (Å²) in [5, 5.41) is 10.0. The first-order chi connectivity index (χ1) is 9.67. The van der Waals surface area contributed by atoms with E-state index in [-0.39, 0.29) is 12.2 Å². The zero-order chi connectivity index (χ0) is 14.1. The Morgan fingerprint density at radius 2 is 1.95 bits per heavy atom. The third-order valence-electron chi connectivity index (χ3n) is 3.58. The van der Waals surface area contributed by atoms with E-state index in [1.54, 1.807) is 6.07 Å². The Morgan fingerprint density at radius 3 is 2.65 bits per heavy atom. The van der Waals surface area contributed by atoms with Gasteiger partial charge in [0.15, 0.2) is 0 Å². The van der Waals surface area contributed by atoms with Gasteiger partial charge in [0, 0.05) is 24.2 Å². The molecule has 2 atom stereocenters. The number of aromatic nitrogens is 1. The summed E-state index contributed by atoms with van der Waals surface area (Å²) in [6.07, 6.45) is 0.445. The Bertz CT molecular complexity index is 667. The minimum absolute atomic E-state index is 0.223. The van der Waals surface area contributed by atoms with Crippen molar-refractivity contribution in [1.82, 2.24) is 4.98 Å². The number of nitrogens with zero attached hydrogens (tertiary/aromatic N) is 3. The first-order valence-electron chi connectivity index (χ1n) is 6.87. The summed E-state index contributed by atoms with van der Waals surface area (Å²) in [5.74, 6) is 0. The second kappa shape index (κ2) is 5.10. The van der Waals surface area contributed by atoms with Crippen LogP contribution < -0.4 is 4.90 Å². The van der Waals surface area contributed by atoms with Gasteiger partial charge in [0.25, 0.3) is 0 Å². The number of nitriles is 1. The van der Waals surface area contributed by atoms with E-state index in [1.165, 1.54) is 5.69 Å². The average molecular weight is 267 g/mol. The van der Waals surface area contributed by atoms with Gasteiger partial charge < -0.3 is 9.64 Å². The van der Waals surface area contributed by atoms with Crippen molar-refractivity contribution in [3.05, 3.63) is 36.0 Å². The fraction of sp³-hybridized carbons (Fsp3) is 0.375. The van der Waals surface area contributed by atoms with Gasteiger partial charge in [0.1, 0.15) is 11.8 Å². The van der Waals surface area contributed by atoms with Gasteiger partial charge in [0.05, 0.1) is 17.7 Å².